The predicted molar refractivity (Wildman–Crippen MR) is 87.1 cm³/mol. The Labute approximate surface area is 136 Å². The molecule has 0 unspecified atom stereocenters. The summed E-state index contributed by atoms with van der Waals surface area (Å²) >= 11 is 0. The standard InChI is InChI=1S/C16H13N5O3/c1-11-10-15(18-16(22)14-4-2-3-9-17-14)20(19-11)12-5-7-13(8-6-12)21(23)24/h2-10H,1H3,(H,18,22). The molecule has 0 radical (unpaired) electrons. The summed E-state index contributed by atoms with van der Waals surface area (Å²) in [5.41, 5.74) is 1.57. The summed E-state index contributed by atoms with van der Waals surface area (Å²) in [4.78, 5) is 26.5. The van der Waals surface area contributed by atoms with Crippen LogP contribution in [-0.2, 0) is 0 Å². The van der Waals surface area contributed by atoms with Crippen LogP contribution in [0.25, 0.3) is 5.69 Å². The lowest BCUT2D eigenvalue weighted by atomic mass is 10.3. The molecule has 0 aliphatic rings. The highest BCUT2D eigenvalue weighted by Crippen LogP contribution is 2.20. The first-order valence-corrected chi connectivity index (χ1v) is 7.08. The maximum Gasteiger partial charge on any atom is 0.275 e. The van der Waals surface area contributed by atoms with Crippen molar-refractivity contribution in [2.45, 2.75) is 6.92 Å². The Hall–Kier alpha value is -3.55. The van der Waals surface area contributed by atoms with E-state index >= 15 is 0 Å². The molecular formula is C16H13N5O3. The van der Waals surface area contributed by atoms with E-state index in [9.17, 15) is 14.9 Å². The van der Waals surface area contributed by atoms with Crippen LogP contribution in [0.15, 0.2) is 54.7 Å². The fourth-order valence-corrected chi connectivity index (χ4v) is 2.18. The van der Waals surface area contributed by atoms with Gasteiger partial charge >= 0.3 is 0 Å². The number of hydrogen-bond donors (Lipinski definition) is 1. The molecule has 0 saturated heterocycles. The molecule has 8 nitrogen and oxygen atoms in total. The summed E-state index contributed by atoms with van der Waals surface area (Å²) in [5.74, 6) is 0.0932. The summed E-state index contributed by atoms with van der Waals surface area (Å²) in [6.07, 6.45) is 1.54. The Kier molecular flexibility index (Phi) is 4.02. The van der Waals surface area contributed by atoms with Crippen molar-refractivity contribution in [1.82, 2.24) is 14.8 Å². The van der Waals surface area contributed by atoms with Crippen LogP contribution < -0.4 is 5.32 Å². The molecular weight excluding hydrogens is 310 g/mol. The summed E-state index contributed by atoms with van der Waals surface area (Å²) in [7, 11) is 0. The molecule has 1 amide bonds. The van der Waals surface area contributed by atoms with Crippen LogP contribution >= 0.6 is 0 Å². The van der Waals surface area contributed by atoms with Crippen LogP contribution in [0.3, 0.4) is 0 Å². The summed E-state index contributed by atoms with van der Waals surface area (Å²) < 4.78 is 1.51. The number of carbonyl (C=O) groups is 1. The van der Waals surface area contributed by atoms with Crippen molar-refractivity contribution in [2.75, 3.05) is 5.32 Å². The number of nitro benzene ring substituents is 1. The third-order valence-electron chi connectivity index (χ3n) is 3.28. The van der Waals surface area contributed by atoms with Crippen molar-refractivity contribution >= 4 is 17.4 Å². The minimum Gasteiger partial charge on any atom is -0.305 e. The van der Waals surface area contributed by atoms with Gasteiger partial charge in [0.05, 0.1) is 16.3 Å². The number of nitro groups is 1. The molecule has 3 rings (SSSR count). The minimum absolute atomic E-state index is 0.0123. The lowest BCUT2D eigenvalue weighted by molar-refractivity contribution is -0.384. The van der Waals surface area contributed by atoms with Gasteiger partial charge in [-0.3, -0.25) is 19.9 Å². The second kappa shape index (κ2) is 6.29. The van der Waals surface area contributed by atoms with Crippen LogP contribution in [0.2, 0.25) is 0 Å². The first kappa shape index (κ1) is 15.3. The number of benzene rings is 1. The molecule has 1 N–H and O–H groups in total. The van der Waals surface area contributed by atoms with E-state index in [-0.39, 0.29) is 17.3 Å². The van der Waals surface area contributed by atoms with Crippen molar-refractivity contribution < 1.29 is 9.72 Å². The second-order valence-electron chi connectivity index (χ2n) is 5.03. The van der Waals surface area contributed by atoms with Crippen molar-refractivity contribution in [3.05, 3.63) is 76.2 Å². The van der Waals surface area contributed by atoms with Crippen molar-refractivity contribution in [1.29, 1.82) is 0 Å². The zero-order valence-corrected chi connectivity index (χ0v) is 12.7. The van der Waals surface area contributed by atoms with E-state index in [0.29, 0.717) is 17.2 Å². The maximum absolute atomic E-state index is 12.2. The van der Waals surface area contributed by atoms with Crippen LogP contribution in [-0.4, -0.2) is 25.6 Å². The van der Waals surface area contributed by atoms with Crippen molar-refractivity contribution in [2.24, 2.45) is 0 Å². The molecule has 0 aliphatic carbocycles. The third kappa shape index (κ3) is 3.12. The zero-order chi connectivity index (χ0) is 17.1. The van der Waals surface area contributed by atoms with Gasteiger partial charge in [-0.15, -0.1) is 0 Å². The molecule has 120 valence electrons. The number of carbonyl (C=O) groups excluding carboxylic acids is 1. The Bertz CT molecular complexity index is 888. The van der Waals surface area contributed by atoms with Gasteiger partial charge in [0.25, 0.3) is 11.6 Å². The predicted octanol–water partition coefficient (Wildman–Crippen LogP) is 2.74. The van der Waals surface area contributed by atoms with E-state index in [4.69, 9.17) is 0 Å². The molecule has 0 saturated carbocycles. The zero-order valence-electron chi connectivity index (χ0n) is 12.7. The molecule has 8 heteroatoms. The monoisotopic (exact) mass is 323 g/mol. The number of aryl methyl sites for hydroxylation is 1. The number of nitrogens with zero attached hydrogens (tertiary/aromatic N) is 4. The van der Waals surface area contributed by atoms with E-state index in [2.05, 4.69) is 15.4 Å². The maximum atomic E-state index is 12.2. The highest BCUT2D eigenvalue weighted by atomic mass is 16.6. The number of hydrogen-bond acceptors (Lipinski definition) is 5. The van der Waals surface area contributed by atoms with Gasteiger partial charge in [-0.2, -0.15) is 5.10 Å². The minimum atomic E-state index is -0.470. The van der Waals surface area contributed by atoms with E-state index in [1.165, 1.54) is 23.0 Å². The largest absolute Gasteiger partial charge is 0.305 e. The number of nitrogens with one attached hydrogen (secondary N) is 1. The average Bonchev–Trinajstić information content (AvgIpc) is 2.96. The lowest BCUT2D eigenvalue weighted by Gasteiger charge is -2.08. The molecule has 0 spiro atoms. The number of rotatable bonds is 4. The van der Waals surface area contributed by atoms with Gasteiger partial charge in [-0.25, -0.2) is 4.68 Å². The van der Waals surface area contributed by atoms with Gasteiger partial charge in [0.2, 0.25) is 0 Å². The normalized spacial score (nSPS) is 10.4. The van der Waals surface area contributed by atoms with E-state index in [1.54, 1.807) is 43.3 Å². The van der Waals surface area contributed by atoms with Gasteiger partial charge in [-0.1, -0.05) is 6.07 Å². The van der Waals surface area contributed by atoms with Gasteiger partial charge in [-0.05, 0) is 31.2 Å². The van der Waals surface area contributed by atoms with Crippen molar-refractivity contribution in [3.63, 3.8) is 0 Å². The fraction of sp³-hybridized carbons (Fsp3) is 0.0625. The second-order valence-corrected chi connectivity index (χ2v) is 5.03. The van der Waals surface area contributed by atoms with Gasteiger partial charge in [0.15, 0.2) is 0 Å². The summed E-state index contributed by atoms with van der Waals surface area (Å²) in [6, 6.07) is 12.7. The van der Waals surface area contributed by atoms with E-state index < -0.39 is 4.92 Å². The van der Waals surface area contributed by atoms with Gasteiger partial charge in [0, 0.05) is 24.4 Å². The van der Waals surface area contributed by atoms with Crippen LogP contribution in [0, 0.1) is 17.0 Å². The molecule has 24 heavy (non-hydrogen) atoms. The van der Waals surface area contributed by atoms with E-state index in [1.807, 2.05) is 0 Å². The van der Waals surface area contributed by atoms with Crippen LogP contribution in [0.4, 0.5) is 11.5 Å². The lowest BCUT2D eigenvalue weighted by Crippen LogP contribution is -2.16. The Morgan fingerprint density at radius 1 is 1.21 bits per heavy atom. The SMILES string of the molecule is Cc1cc(NC(=O)c2ccccn2)n(-c2ccc([N+](=O)[O-])cc2)n1. The quantitative estimate of drug-likeness (QED) is 0.587. The number of non-ortho nitro benzene ring substituents is 1. The van der Waals surface area contributed by atoms with Crippen LogP contribution in [0.1, 0.15) is 16.2 Å². The molecule has 2 heterocycles. The Morgan fingerprint density at radius 3 is 2.58 bits per heavy atom. The van der Waals surface area contributed by atoms with Crippen molar-refractivity contribution in [3.8, 4) is 5.69 Å². The molecule has 3 aromatic rings. The molecule has 0 fully saturated rings. The number of anilines is 1. The number of pyridine rings is 1. The smallest absolute Gasteiger partial charge is 0.275 e. The summed E-state index contributed by atoms with van der Waals surface area (Å²) in [6.45, 7) is 1.79. The Morgan fingerprint density at radius 2 is 1.96 bits per heavy atom. The molecule has 2 aromatic heterocycles. The highest BCUT2D eigenvalue weighted by Gasteiger charge is 2.14. The molecule has 0 bridgehead atoms. The molecule has 0 aliphatic heterocycles. The van der Waals surface area contributed by atoms with Gasteiger partial charge < -0.3 is 5.32 Å². The number of amides is 1. The van der Waals surface area contributed by atoms with Crippen LogP contribution in [0.5, 0.6) is 0 Å². The molecule has 1 aromatic carbocycles. The fourth-order valence-electron chi connectivity index (χ4n) is 2.18. The average molecular weight is 323 g/mol. The topological polar surface area (TPSA) is 103 Å². The summed E-state index contributed by atoms with van der Waals surface area (Å²) in [5, 5.41) is 17.8. The first-order valence-electron chi connectivity index (χ1n) is 7.08. The molecule has 0 atom stereocenters. The van der Waals surface area contributed by atoms with E-state index in [0.717, 1.165) is 0 Å². The first-order chi connectivity index (χ1) is 11.5. The highest BCUT2D eigenvalue weighted by molar-refractivity contribution is 6.02. The van der Waals surface area contributed by atoms with Gasteiger partial charge in [0.1, 0.15) is 11.5 Å². The number of aromatic nitrogens is 3. The Balaban J connectivity index is 1.90. The third-order valence-corrected chi connectivity index (χ3v) is 3.28.